The number of rotatable bonds is 5. The molecule has 0 amide bonds. The molecule has 0 aliphatic carbocycles. The quantitative estimate of drug-likeness (QED) is 0.920. The van der Waals surface area contributed by atoms with E-state index in [9.17, 15) is 13.2 Å². The highest BCUT2D eigenvalue weighted by molar-refractivity contribution is 7.91. The third kappa shape index (κ3) is 3.29. The fourth-order valence-electron chi connectivity index (χ4n) is 1.95. The monoisotopic (exact) mass is 312 g/mol. The van der Waals surface area contributed by atoms with Crippen molar-refractivity contribution in [1.29, 1.82) is 0 Å². The summed E-state index contributed by atoms with van der Waals surface area (Å²) < 4.78 is 24.2. The van der Waals surface area contributed by atoms with E-state index in [1.807, 2.05) is 0 Å². The maximum Gasteiger partial charge on any atom is 0.303 e. The lowest BCUT2D eigenvalue weighted by molar-refractivity contribution is -0.137. The van der Waals surface area contributed by atoms with Gasteiger partial charge in [-0.25, -0.2) is 8.42 Å². The first-order valence-electron chi connectivity index (χ1n) is 6.03. The fourth-order valence-corrected chi connectivity index (χ4v) is 3.53. The van der Waals surface area contributed by atoms with E-state index < -0.39 is 15.8 Å². The number of carboxylic acids is 1. The molecular formula is C14H13ClO4S. The van der Waals surface area contributed by atoms with E-state index >= 15 is 0 Å². The number of carbonyl (C=O) groups is 1. The summed E-state index contributed by atoms with van der Waals surface area (Å²) in [6.07, 6.45) is -0.0517. The molecule has 0 fully saturated rings. The van der Waals surface area contributed by atoms with E-state index in [1.165, 1.54) is 6.07 Å². The van der Waals surface area contributed by atoms with E-state index in [1.54, 1.807) is 30.3 Å². The normalized spacial score (nSPS) is 11.7. The number of fused-ring (bicyclic) bond motifs is 1. The smallest absolute Gasteiger partial charge is 0.303 e. The highest BCUT2D eigenvalue weighted by atomic mass is 35.5. The first-order valence-corrected chi connectivity index (χ1v) is 8.06. The summed E-state index contributed by atoms with van der Waals surface area (Å²) in [5, 5.41) is 10.6. The molecule has 0 saturated heterocycles. The Kier molecular flexibility index (Phi) is 4.30. The number of hydrogen-bond donors (Lipinski definition) is 1. The number of hydrogen-bond acceptors (Lipinski definition) is 3. The van der Waals surface area contributed by atoms with Crippen molar-refractivity contribution in [2.45, 2.75) is 17.7 Å². The minimum atomic E-state index is -3.47. The first-order chi connectivity index (χ1) is 9.40. The highest BCUT2D eigenvalue weighted by Crippen LogP contribution is 2.26. The SMILES string of the molecule is O=C(O)CCCS(=O)(=O)c1ccc2c(Cl)cccc2c1. The van der Waals surface area contributed by atoms with E-state index in [0.29, 0.717) is 5.02 Å². The van der Waals surface area contributed by atoms with Gasteiger partial charge < -0.3 is 5.11 Å². The average Bonchev–Trinajstić information content (AvgIpc) is 2.38. The molecule has 0 aromatic heterocycles. The van der Waals surface area contributed by atoms with Crippen LogP contribution < -0.4 is 0 Å². The Morgan fingerprint density at radius 2 is 1.95 bits per heavy atom. The second-order valence-corrected chi connectivity index (χ2v) is 6.96. The van der Waals surface area contributed by atoms with E-state index in [0.717, 1.165) is 10.8 Å². The van der Waals surface area contributed by atoms with Crippen molar-refractivity contribution in [3.05, 3.63) is 41.4 Å². The summed E-state index contributed by atoms with van der Waals surface area (Å²) in [5.74, 6) is -1.17. The molecular weight excluding hydrogens is 300 g/mol. The Morgan fingerprint density at radius 3 is 2.65 bits per heavy atom. The van der Waals surface area contributed by atoms with Crippen molar-refractivity contribution >= 4 is 38.2 Å². The number of sulfone groups is 1. The molecule has 0 bridgehead atoms. The summed E-state index contributed by atoms with van der Waals surface area (Å²) in [6.45, 7) is 0. The number of aliphatic carboxylic acids is 1. The lowest BCUT2D eigenvalue weighted by atomic mass is 10.1. The van der Waals surface area contributed by atoms with Crippen LogP contribution in [-0.2, 0) is 14.6 Å². The van der Waals surface area contributed by atoms with Crippen LogP contribution in [0.25, 0.3) is 10.8 Å². The van der Waals surface area contributed by atoms with Gasteiger partial charge in [-0.15, -0.1) is 0 Å². The molecule has 2 aromatic carbocycles. The Hall–Kier alpha value is -1.59. The predicted molar refractivity (Wildman–Crippen MR) is 77.9 cm³/mol. The van der Waals surface area contributed by atoms with Crippen LogP contribution in [-0.4, -0.2) is 25.2 Å². The molecule has 2 rings (SSSR count). The molecule has 0 aliphatic heterocycles. The molecule has 0 heterocycles. The van der Waals surface area contributed by atoms with E-state index in [4.69, 9.17) is 16.7 Å². The zero-order chi connectivity index (χ0) is 14.8. The van der Waals surface area contributed by atoms with Crippen LogP contribution in [0.2, 0.25) is 5.02 Å². The third-order valence-electron chi connectivity index (χ3n) is 2.96. The van der Waals surface area contributed by atoms with Gasteiger partial charge in [-0.2, -0.15) is 0 Å². The van der Waals surface area contributed by atoms with Crippen molar-refractivity contribution in [2.24, 2.45) is 0 Å². The van der Waals surface area contributed by atoms with Crippen molar-refractivity contribution in [3.63, 3.8) is 0 Å². The summed E-state index contributed by atoms with van der Waals surface area (Å²) in [7, 11) is -3.47. The van der Waals surface area contributed by atoms with Gasteiger partial charge in [0.05, 0.1) is 10.6 Å². The minimum Gasteiger partial charge on any atom is -0.481 e. The molecule has 1 N–H and O–H groups in total. The van der Waals surface area contributed by atoms with Crippen molar-refractivity contribution in [2.75, 3.05) is 5.75 Å². The largest absolute Gasteiger partial charge is 0.481 e. The Bertz CT molecular complexity index is 753. The molecule has 4 nitrogen and oxygen atoms in total. The van der Waals surface area contributed by atoms with Crippen LogP contribution >= 0.6 is 11.6 Å². The lowest BCUT2D eigenvalue weighted by Gasteiger charge is -2.06. The Labute approximate surface area is 121 Å². The molecule has 2 aromatic rings. The third-order valence-corrected chi connectivity index (χ3v) is 5.09. The Balaban J connectivity index is 2.30. The zero-order valence-corrected chi connectivity index (χ0v) is 12.1. The molecule has 0 unspecified atom stereocenters. The standard InChI is InChI=1S/C14H13ClO4S/c15-13-4-1-3-10-9-11(6-7-12(10)13)20(18,19)8-2-5-14(16)17/h1,3-4,6-7,9H,2,5,8H2,(H,16,17). The maximum absolute atomic E-state index is 12.1. The predicted octanol–water partition coefficient (Wildman–Crippen LogP) is 3.13. The van der Waals surface area contributed by atoms with Gasteiger partial charge in [-0.05, 0) is 30.0 Å². The van der Waals surface area contributed by atoms with E-state index in [-0.39, 0.29) is 23.5 Å². The summed E-state index contributed by atoms with van der Waals surface area (Å²) in [4.78, 5) is 10.6. The van der Waals surface area contributed by atoms with Gasteiger partial charge in [-0.1, -0.05) is 29.8 Å². The summed E-state index contributed by atoms with van der Waals surface area (Å²) in [6, 6.07) is 10.0. The number of carboxylic acid groups (broad SMARTS) is 1. The van der Waals surface area contributed by atoms with Crippen LogP contribution in [0.3, 0.4) is 0 Å². The molecule has 6 heteroatoms. The number of halogens is 1. The molecule has 0 saturated carbocycles. The van der Waals surface area contributed by atoms with Gasteiger partial charge in [0.2, 0.25) is 0 Å². The fraction of sp³-hybridized carbons (Fsp3) is 0.214. The van der Waals surface area contributed by atoms with Gasteiger partial charge in [0.1, 0.15) is 0 Å². The summed E-state index contributed by atoms with van der Waals surface area (Å²) in [5.41, 5.74) is 0. The minimum absolute atomic E-state index is 0.102. The molecule has 0 atom stereocenters. The topological polar surface area (TPSA) is 71.4 Å². The molecule has 20 heavy (non-hydrogen) atoms. The van der Waals surface area contributed by atoms with Crippen LogP contribution in [0.4, 0.5) is 0 Å². The number of benzene rings is 2. The van der Waals surface area contributed by atoms with E-state index in [2.05, 4.69) is 0 Å². The van der Waals surface area contributed by atoms with Crippen LogP contribution in [0, 0.1) is 0 Å². The maximum atomic E-state index is 12.1. The van der Waals surface area contributed by atoms with Gasteiger partial charge >= 0.3 is 5.97 Å². The van der Waals surface area contributed by atoms with Gasteiger partial charge in [0.25, 0.3) is 0 Å². The van der Waals surface area contributed by atoms with Gasteiger partial charge in [-0.3, -0.25) is 4.79 Å². The molecule has 0 aliphatic rings. The molecule has 106 valence electrons. The van der Waals surface area contributed by atoms with Crippen molar-refractivity contribution in [1.82, 2.24) is 0 Å². The molecule has 0 spiro atoms. The van der Waals surface area contributed by atoms with Crippen LogP contribution in [0.5, 0.6) is 0 Å². The average molecular weight is 313 g/mol. The molecule has 0 radical (unpaired) electrons. The second-order valence-electron chi connectivity index (χ2n) is 4.44. The lowest BCUT2D eigenvalue weighted by Crippen LogP contribution is -2.08. The first kappa shape index (κ1) is 14.8. The summed E-state index contributed by atoms with van der Waals surface area (Å²) >= 11 is 6.03. The van der Waals surface area contributed by atoms with Gasteiger partial charge in [0.15, 0.2) is 9.84 Å². The van der Waals surface area contributed by atoms with Crippen molar-refractivity contribution in [3.8, 4) is 0 Å². The second kappa shape index (κ2) is 5.81. The van der Waals surface area contributed by atoms with Crippen LogP contribution in [0.1, 0.15) is 12.8 Å². The van der Waals surface area contributed by atoms with Crippen molar-refractivity contribution < 1.29 is 18.3 Å². The zero-order valence-electron chi connectivity index (χ0n) is 10.5. The highest BCUT2D eigenvalue weighted by Gasteiger charge is 2.15. The van der Waals surface area contributed by atoms with Gasteiger partial charge in [0, 0.05) is 16.8 Å². The van der Waals surface area contributed by atoms with Crippen LogP contribution in [0.15, 0.2) is 41.3 Å². The Morgan fingerprint density at radius 1 is 1.20 bits per heavy atom.